The van der Waals surface area contributed by atoms with Crippen molar-refractivity contribution in [3.05, 3.63) is 15.6 Å². The Kier molecular flexibility index (Phi) is 3.32. The van der Waals surface area contributed by atoms with Crippen LogP contribution in [0.1, 0.15) is 34.3 Å². The normalized spacial score (nSPS) is 21.1. The van der Waals surface area contributed by atoms with E-state index in [-0.39, 0.29) is 0 Å². The van der Waals surface area contributed by atoms with Crippen molar-refractivity contribution < 1.29 is 8.42 Å². The predicted octanol–water partition coefficient (Wildman–Crippen LogP) is 1.20. The largest absolute Gasteiger partial charge is 0.325 e. The topological polar surface area (TPSA) is 73.0 Å². The molecule has 1 fully saturated rings. The summed E-state index contributed by atoms with van der Waals surface area (Å²) in [4.78, 5) is 5.68. The molecule has 0 aromatic carbocycles. The van der Waals surface area contributed by atoms with Crippen LogP contribution in [-0.4, -0.2) is 24.9 Å². The summed E-state index contributed by atoms with van der Waals surface area (Å²) < 4.78 is 22.7. The molecular weight excluding hydrogens is 244 g/mol. The average molecular weight is 260 g/mol. The van der Waals surface area contributed by atoms with Gasteiger partial charge in [-0.15, -0.1) is 11.3 Å². The van der Waals surface area contributed by atoms with Crippen LogP contribution in [0.4, 0.5) is 0 Å². The van der Waals surface area contributed by atoms with Crippen LogP contribution in [0.5, 0.6) is 0 Å². The Hall–Kier alpha value is -0.460. The third-order valence-electron chi connectivity index (χ3n) is 2.99. The van der Waals surface area contributed by atoms with Crippen molar-refractivity contribution in [2.24, 2.45) is 5.73 Å². The molecule has 0 saturated carbocycles. The fourth-order valence-corrected chi connectivity index (χ4v) is 4.48. The van der Waals surface area contributed by atoms with E-state index in [9.17, 15) is 8.42 Å². The molecule has 0 amide bonds. The highest BCUT2D eigenvalue weighted by Crippen LogP contribution is 2.32. The van der Waals surface area contributed by atoms with E-state index in [1.807, 2.05) is 6.92 Å². The van der Waals surface area contributed by atoms with E-state index in [0.717, 1.165) is 10.7 Å². The van der Waals surface area contributed by atoms with Gasteiger partial charge in [0.1, 0.15) is 14.8 Å². The van der Waals surface area contributed by atoms with Crippen molar-refractivity contribution in [1.82, 2.24) is 4.98 Å². The fourth-order valence-electron chi connectivity index (χ4n) is 2.09. The number of thiazole rings is 1. The molecule has 0 spiro atoms. The van der Waals surface area contributed by atoms with Crippen LogP contribution in [0.2, 0.25) is 0 Å². The van der Waals surface area contributed by atoms with Crippen molar-refractivity contribution in [3.8, 4) is 0 Å². The van der Waals surface area contributed by atoms with Gasteiger partial charge in [-0.05, 0) is 19.8 Å². The Labute approximate surface area is 99.8 Å². The minimum atomic E-state index is -2.78. The smallest absolute Gasteiger partial charge is 0.150 e. The zero-order valence-corrected chi connectivity index (χ0v) is 10.9. The molecule has 0 aliphatic carbocycles. The van der Waals surface area contributed by atoms with Crippen molar-refractivity contribution >= 4 is 21.2 Å². The number of aromatic nitrogens is 1. The Balaban J connectivity index is 2.16. The van der Waals surface area contributed by atoms with Crippen LogP contribution in [0.15, 0.2) is 0 Å². The number of nitrogens with two attached hydrogens (primary N) is 1. The lowest BCUT2D eigenvalue weighted by molar-refractivity contribution is 0.544. The molecule has 90 valence electrons. The molecule has 0 bridgehead atoms. The van der Waals surface area contributed by atoms with Gasteiger partial charge in [-0.1, -0.05) is 0 Å². The molecule has 1 aromatic rings. The van der Waals surface area contributed by atoms with Gasteiger partial charge >= 0.3 is 0 Å². The highest BCUT2D eigenvalue weighted by Gasteiger charge is 2.27. The van der Waals surface area contributed by atoms with Gasteiger partial charge in [0.15, 0.2) is 0 Å². The molecule has 2 rings (SSSR count). The molecular formula is C10H16N2O2S2. The zero-order chi connectivity index (χ0) is 11.8. The molecule has 0 atom stereocenters. The standard InChI is InChI=1S/C10H16N2O2S2/c1-7-10(12-9(6-11)15-7)8-2-4-16(13,14)5-3-8/h8H,2-6,11H2,1H3. The van der Waals surface area contributed by atoms with E-state index >= 15 is 0 Å². The first kappa shape index (κ1) is 12.0. The Morgan fingerprint density at radius 2 is 2.06 bits per heavy atom. The Morgan fingerprint density at radius 1 is 1.44 bits per heavy atom. The van der Waals surface area contributed by atoms with Gasteiger partial charge < -0.3 is 5.73 Å². The molecule has 0 radical (unpaired) electrons. The van der Waals surface area contributed by atoms with Gasteiger partial charge in [-0.25, -0.2) is 13.4 Å². The van der Waals surface area contributed by atoms with Gasteiger partial charge in [0.2, 0.25) is 0 Å². The van der Waals surface area contributed by atoms with Crippen LogP contribution in [0, 0.1) is 6.92 Å². The summed E-state index contributed by atoms with van der Waals surface area (Å²) in [5.74, 6) is 0.902. The quantitative estimate of drug-likeness (QED) is 0.867. The third-order valence-corrected chi connectivity index (χ3v) is 5.72. The monoisotopic (exact) mass is 260 g/mol. The van der Waals surface area contributed by atoms with Crippen LogP contribution in [0.25, 0.3) is 0 Å². The van der Waals surface area contributed by atoms with Crippen LogP contribution >= 0.6 is 11.3 Å². The fraction of sp³-hybridized carbons (Fsp3) is 0.700. The number of aryl methyl sites for hydroxylation is 1. The van der Waals surface area contributed by atoms with Gasteiger partial charge in [-0.3, -0.25) is 0 Å². The Morgan fingerprint density at radius 3 is 2.56 bits per heavy atom. The Bertz CT molecular complexity index is 465. The zero-order valence-electron chi connectivity index (χ0n) is 9.27. The second kappa shape index (κ2) is 4.43. The SMILES string of the molecule is Cc1sc(CN)nc1C1CCS(=O)(=O)CC1. The molecule has 4 nitrogen and oxygen atoms in total. The third kappa shape index (κ3) is 2.44. The second-order valence-corrected chi connectivity index (χ2v) is 7.77. The number of rotatable bonds is 2. The van der Waals surface area contributed by atoms with E-state index < -0.39 is 9.84 Å². The van der Waals surface area contributed by atoms with Crippen molar-refractivity contribution in [2.45, 2.75) is 32.2 Å². The van der Waals surface area contributed by atoms with Crippen molar-refractivity contribution in [3.63, 3.8) is 0 Å². The molecule has 1 aromatic heterocycles. The lowest BCUT2D eigenvalue weighted by Gasteiger charge is -2.20. The first-order valence-corrected chi connectivity index (χ1v) is 8.02. The summed E-state index contributed by atoms with van der Waals surface area (Å²) in [7, 11) is -2.78. The first-order chi connectivity index (χ1) is 7.52. The average Bonchev–Trinajstić information content (AvgIpc) is 2.60. The molecule has 16 heavy (non-hydrogen) atoms. The lowest BCUT2D eigenvalue weighted by Crippen LogP contribution is -2.22. The molecule has 0 unspecified atom stereocenters. The highest BCUT2D eigenvalue weighted by molar-refractivity contribution is 7.91. The van der Waals surface area contributed by atoms with Gasteiger partial charge in [0.25, 0.3) is 0 Å². The van der Waals surface area contributed by atoms with Crippen LogP contribution in [-0.2, 0) is 16.4 Å². The van der Waals surface area contributed by atoms with Gasteiger partial charge in [-0.2, -0.15) is 0 Å². The van der Waals surface area contributed by atoms with Crippen LogP contribution in [0.3, 0.4) is 0 Å². The van der Waals surface area contributed by atoms with Crippen molar-refractivity contribution in [2.75, 3.05) is 11.5 Å². The first-order valence-electron chi connectivity index (χ1n) is 5.38. The number of hydrogen-bond acceptors (Lipinski definition) is 5. The summed E-state index contributed by atoms with van der Waals surface area (Å²) in [5, 5.41) is 0.945. The summed E-state index contributed by atoms with van der Waals surface area (Å²) in [6.07, 6.45) is 1.41. The molecule has 1 aliphatic rings. The molecule has 2 heterocycles. The maximum Gasteiger partial charge on any atom is 0.150 e. The molecule has 6 heteroatoms. The minimum absolute atomic E-state index is 0.298. The summed E-state index contributed by atoms with van der Waals surface area (Å²) in [6, 6.07) is 0. The number of hydrogen-bond donors (Lipinski definition) is 1. The van der Waals surface area contributed by atoms with E-state index in [4.69, 9.17) is 5.73 Å². The summed E-state index contributed by atoms with van der Waals surface area (Å²) >= 11 is 1.62. The summed E-state index contributed by atoms with van der Waals surface area (Å²) in [5.41, 5.74) is 6.63. The van der Waals surface area contributed by atoms with Crippen molar-refractivity contribution in [1.29, 1.82) is 0 Å². The predicted molar refractivity (Wildman–Crippen MR) is 65.4 cm³/mol. The summed E-state index contributed by atoms with van der Waals surface area (Å²) in [6.45, 7) is 2.51. The van der Waals surface area contributed by atoms with Gasteiger partial charge in [0.05, 0.1) is 17.2 Å². The van der Waals surface area contributed by atoms with E-state index in [0.29, 0.717) is 36.8 Å². The maximum absolute atomic E-state index is 11.3. The van der Waals surface area contributed by atoms with E-state index in [1.54, 1.807) is 11.3 Å². The minimum Gasteiger partial charge on any atom is -0.325 e. The number of sulfone groups is 1. The molecule has 2 N–H and O–H groups in total. The van der Waals surface area contributed by atoms with E-state index in [2.05, 4.69) is 4.98 Å². The highest BCUT2D eigenvalue weighted by atomic mass is 32.2. The van der Waals surface area contributed by atoms with Gasteiger partial charge in [0, 0.05) is 17.3 Å². The lowest BCUT2D eigenvalue weighted by atomic mass is 9.98. The maximum atomic E-state index is 11.3. The van der Waals surface area contributed by atoms with Crippen LogP contribution < -0.4 is 5.73 Å². The van der Waals surface area contributed by atoms with E-state index in [1.165, 1.54) is 4.88 Å². The number of nitrogens with zero attached hydrogens (tertiary/aromatic N) is 1. The second-order valence-electron chi connectivity index (χ2n) is 4.18. The molecule has 1 aliphatic heterocycles. The molecule has 1 saturated heterocycles.